The topological polar surface area (TPSA) is 83.5 Å². The van der Waals surface area contributed by atoms with Gasteiger partial charge in [0.05, 0.1) is 11.6 Å². The number of nitriles is 1. The molecule has 1 aromatic heterocycles. The van der Waals surface area contributed by atoms with Crippen LogP contribution in [0.4, 0.5) is 5.82 Å². The molecule has 2 aromatic rings. The quantitative estimate of drug-likeness (QED) is 0.529. The number of ether oxygens (including phenoxy) is 1. The van der Waals surface area contributed by atoms with Crippen molar-refractivity contribution in [1.82, 2.24) is 14.0 Å². The molecule has 0 atom stereocenters. The van der Waals surface area contributed by atoms with Crippen LogP contribution in [0.25, 0.3) is 0 Å². The Bertz CT molecular complexity index is 1210. The number of hydrogen-bond acceptors (Lipinski definition) is 6. The van der Waals surface area contributed by atoms with E-state index in [-0.39, 0.29) is 28.9 Å². The molecule has 1 saturated heterocycles. The summed E-state index contributed by atoms with van der Waals surface area (Å²) in [6, 6.07) is 11.1. The second kappa shape index (κ2) is 11.6. The lowest BCUT2D eigenvalue weighted by molar-refractivity contribution is 0.0124. The van der Waals surface area contributed by atoms with Crippen molar-refractivity contribution in [1.29, 1.82) is 5.26 Å². The molecule has 37 heavy (non-hydrogen) atoms. The molecule has 1 aliphatic carbocycles. The van der Waals surface area contributed by atoms with E-state index in [9.17, 15) is 9.59 Å². The molecular formula is C29H41N5O3. The summed E-state index contributed by atoms with van der Waals surface area (Å²) in [5.41, 5.74) is 0.0261. The second-order valence-electron chi connectivity index (χ2n) is 11.1. The monoisotopic (exact) mass is 507 g/mol. The number of anilines is 1. The molecule has 1 aromatic carbocycles. The zero-order valence-electron chi connectivity index (χ0n) is 22.8. The highest BCUT2D eigenvalue weighted by Crippen LogP contribution is 2.36. The number of hydrogen-bond donors (Lipinski definition) is 0. The maximum atomic E-state index is 13.2. The first-order valence-electron chi connectivity index (χ1n) is 13.8. The first-order valence-corrected chi connectivity index (χ1v) is 13.8. The minimum absolute atomic E-state index is 0.0309. The van der Waals surface area contributed by atoms with Gasteiger partial charge in [-0.25, -0.2) is 4.79 Å². The van der Waals surface area contributed by atoms with E-state index in [1.54, 1.807) is 10.6 Å². The van der Waals surface area contributed by atoms with Crippen LogP contribution < -0.4 is 20.9 Å². The third-order valence-corrected chi connectivity index (χ3v) is 7.84. The average Bonchev–Trinajstić information content (AvgIpc) is 2.88. The van der Waals surface area contributed by atoms with Crippen molar-refractivity contribution in [2.24, 2.45) is 0 Å². The standard InChI is InChI=1S/C29H41N5O3/c1-22(2)33-26(20-27(35)34(23(3)4)28(33)36)32-18-16-31(17-19-32)15-14-29(12-6-5-7-13-29)37-25-10-8-24(21-30)9-11-25/h8-11,20,22-23H,5-7,12-19H2,1-4H3. The fourth-order valence-corrected chi connectivity index (χ4v) is 5.77. The molecule has 0 bridgehead atoms. The van der Waals surface area contributed by atoms with Crippen molar-refractivity contribution in [3.8, 4) is 11.8 Å². The maximum Gasteiger partial charge on any atom is 0.333 e. The van der Waals surface area contributed by atoms with E-state index in [1.165, 1.54) is 23.8 Å². The third-order valence-electron chi connectivity index (χ3n) is 7.84. The number of piperazine rings is 1. The van der Waals surface area contributed by atoms with Gasteiger partial charge in [0.25, 0.3) is 5.56 Å². The molecule has 1 aliphatic heterocycles. The predicted molar refractivity (Wildman–Crippen MR) is 147 cm³/mol. The summed E-state index contributed by atoms with van der Waals surface area (Å²) in [6.07, 6.45) is 6.69. The fraction of sp³-hybridized carbons (Fsp3) is 0.621. The van der Waals surface area contributed by atoms with E-state index in [4.69, 9.17) is 10.00 Å². The van der Waals surface area contributed by atoms with Gasteiger partial charge in [-0.3, -0.25) is 18.8 Å². The van der Waals surface area contributed by atoms with E-state index in [1.807, 2.05) is 52.0 Å². The SMILES string of the molecule is CC(C)n1c(N2CCN(CCC3(Oc4ccc(C#N)cc4)CCCCC3)CC2)cc(=O)n(C(C)C)c1=O. The largest absolute Gasteiger partial charge is 0.487 e. The number of nitrogens with zero attached hydrogens (tertiary/aromatic N) is 5. The van der Waals surface area contributed by atoms with Gasteiger partial charge < -0.3 is 9.64 Å². The minimum atomic E-state index is -0.228. The summed E-state index contributed by atoms with van der Waals surface area (Å²) >= 11 is 0. The molecule has 0 unspecified atom stereocenters. The van der Waals surface area contributed by atoms with Crippen LogP contribution >= 0.6 is 0 Å². The predicted octanol–water partition coefficient (Wildman–Crippen LogP) is 4.34. The highest BCUT2D eigenvalue weighted by molar-refractivity contribution is 5.40. The molecule has 0 spiro atoms. The van der Waals surface area contributed by atoms with Gasteiger partial charge in [0.15, 0.2) is 0 Å². The summed E-state index contributed by atoms with van der Waals surface area (Å²) in [7, 11) is 0. The Morgan fingerprint density at radius 2 is 1.54 bits per heavy atom. The minimum Gasteiger partial charge on any atom is -0.487 e. The van der Waals surface area contributed by atoms with Crippen molar-refractivity contribution in [2.75, 3.05) is 37.6 Å². The van der Waals surface area contributed by atoms with Gasteiger partial charge in [-0.1, -0.05) is 6.42 Å². The van der Waals surface area contributed by atoms with Crippen LogP contribution in [-0.2, 0) is 0 Å². The van der Waals surface area contributed by atoms with Crippen LogP contribution in [0.15, 0.2) is 39.9 Å². The molecule has 0 N–H and O–H groups in total. The first-order chi connectivity index (χ1) is 17.7. The highest BCUT2D eigenvalue weighted by Gasteiger charge is 2.35. The highest BCUT2D eigenvalue weighted by atomic mass is 16.5. The van der Waals surface area contributed by atoms with Crippen LogP contribution in [0.1, 0.15) is 83.9 Å². The van der Waals surface area contributed by atoms with Crippen LogP contribution in [-0.4, -0.2) is 52.4 Å². The van der Waals surface area contributed by atoms with Gasteiger partial charge in [0.2, 0.25) is 0 Å². The van der Waals surface area contributed by atoms with Gasteiger partial charge in [-0.2, -0.15) is 5.26 Å². The Labute approximate surface area is 220 Å². The van der Waals surface area contributed by atoms with Gasteiger partial charge in [-0.05, 0) is 84.1 Å². The van der Waals surface area contributed by atoms with Gasteiger partial charge in [-0.15, -0.1) is 0 Å². The molecule has 0 radical (unpaired) electrons. The van der Waals surface area contributed by atoms with Gasteiger partial charge >= 0.3 is 5.69 Å². The van der Waals surface area contributed by atoms with Crippen molar-refractivity contribution < 1.29 is 4.74 Å². The summed E-state index contributed by atoms with van der Waals surface area (Å²) in [6.45, 7) is 12.0. The van der Waals surface area contributed by atoms with Crippen molar-refractivity contribution in [3.63, 3.8) is 0 Å². The molecule has 2 heterocycles. The molecule has 8 nitrogen and oxygen atoms in total. The average molecular weight is 508 g/mol. The van der Waals surface area contributed by atoms with Crippen LogP contribution in [0.3, 0.4) is 0 Å². The molecule has 1 saturated carbocycles. The van der Waals surface area contributed by atoms with Crippen molar-refractivity contribution >= 4 is 5.82 Å². The number of rotatable bonds is 8. The fourth-order valence-electron chi connectivity index (χ4n) is 5.77. The van der Waals surface area contributed by atoms with Crippen LogP contribution in [0, 0.1) is 11.3 Å². The lowest BCUT2D eigenvalue weighted by atomic mass is 9.82. The zero-order chi connectivity index (χ0) is 26.6. The first kappa shape index (κ1) is 27.0. The van der Waals surface area contributed by atoms with Gasteiger partial charge in [0, 0.05) is 50.9 Å². The van der Waals surface area contributed by atoms with Crippen LogP contribution in [0.5, 0.6) is 5.75 Å². The Kier molecular flexibility index (Phi) is 8.43. The van der Waals surface area contributed by atoms with Crippen molar-refractivity contribution in [2.45, 2.75) is 83.9 Å². The summed E-state index contributed by atoms with van der Waals surface area (Å²) in [5.74, 6) is 1.57. The molecule has 2 aliphatic rings. The second-order valence-corrected chi connectivity index (χ2v) is 11.1. The summed E-state index contributed by atoms with van der Waals surface area (Å²) in [4.78, 5) is 30.6. The Balaban J connectivity index is 1.42. The molecular weight excluding hydrogens is 466 g/mol. The van der Waals surface area contributed by atoms with E-state index in [0.29, 0.717) is 5.56 Å². The Morgan fingerprint density at radius 1 is 0.919 bits per heavy atom. The molecule has 4 rings (SSSR count). The third kappa shape index (κ3) is 6.10. The lowest BCUT2D eigenvalue weighted by Gasteiger charge is -2.41. The smallest absolute Gasteiger partial charge is 0.333 e. The Morgan fingerprint density at radius 3 is 2.11 bits per heavy atom. The number of aromatic nitrogens is 2. The van der Waals surface area contributed by atoms with Crippen LogP contribution in [0.2, 0.25) is 0 Å². The molecule has 2 fully saturated rings. The molecule has 0 amide bonds. The molecule has 8 heteroatoms. The maximum absolute atomic E-state index is 13.2. The summed E-state index contributed by atoms with van der Waals surface area (Å²) in [5, 5.41) is 9.09. The number of benzene rings is 1. The Hall–Kier alpha value is -3.05. The van der Waals surface area contributed by atoms with E-state index >= 15 is 0 Å². The summed E-state index contributed by atoms with van der Waals surface area (Å²) < 4.78 is 9.71. The van der Waals surface area contributed by atoms with E-state index < -0.39 is 0 Å². The van der Waals surface area contributed by atoms with Gasteiger partial charge in [0.1, 0.15) is 17.2 Å². The lowest BCUT2D eigenvalue weighted by Crippen LogP contribution is -2.51. The van der Waals surface area contributed by atoms with E-state index in [0.717, 1.165) is 63.6 Å². The van der Waals surface area contributed by atoms with E-state index in [2.05, 4.69) is 15.9 Å². The zero-order valence-corrected chi connectivity index (χ0v) is 22.8. The van der Waals surface area contributed by atoms with Crippen molar-refractivity contribution in [3.05, 3.63) is 56.7 Å². The normalized spacial score (nSPS) is 18.2. The molecule has 200 valence electrons.